The number of nitrogens with two attached hydrogens (primary N) is 2. The van der Waals surface area contributed by atoms with Gasteiger partial charge in [-0.05, 0) is 13.8 Å². The van der Waals surface area contributed by atoms with Gasteiger partial charge in [-0.25, -0.2) is 4.79 Å². The highest BCUT2D eigenvalue weighted by Gasteiger charge is 2.25. The van der Waals surface area contributed by atoms with E-state index in [0.29, 0.717) is 0 Å². The summed E-state index contributed by atoms with van der Waals surface area (Å²) in [6.07, 6.45) is -0.533. The van der Waals surface area contributed by atoms with Crippen LogP contribution in [0.5, 0.6) is 0 Å². The lowest BCUT2D eigenvalue weighted by Gasteiger charge is -2.18. The number of hydrogen-bond acceptors (Lipinski definition) is 5. The van der Waals surface area contributed by atoms with Gasteiger partial charge in [0.25, 0.3) is 0 Å². The zero-order valence-corrected chi connectivity index (χ0v) is 10.7. The van der Waals surface area contributed by atoms with E-state index in [4.69, 9.17) is 16.6 Å². The van der Waals surface area contributed by atoms with Gasteiger partial charge in [0.15, 0.2) is 0 Å². The van der Waals surface area contributed by atoms with Crippen molar-refractivity contribution in [2.45, 2.75) is 38.4 Å². The van der Waals surface area contributed by atoms with Gasteiger partial charge >= 0.3 is 5.97 Å². The summed E-state index contributed by atoms with van der Waals surface area (Å²) in [5.41, 5.74) is 10.2. The van der Waals surface area contributed by atoms with Crippen LogP contribution in [0.1, 0.15) is 20.3 Å². The standard InChI is InChI=1S/C10H18N4O5/c1-4(11)8(16)13-5(2)9(17)14-6(10(18)19)3-7(12)15/h4-6H,3,11H2,1-2H3,(H2,12,15)(H,13,16)(H,14,17)(H,18,19)/t4-,5+,6-/m0/s1. The molecule has 0 bridgehead atoms. The maximum absolute atomic E-state index is 11.6. The summed E-state index contributed by atoms with van der Waals surface area (Å²) < 4.78 is 0. The molecule has 0 aliphatic carbocycles. The molecule has 0 aromatic heterocycles. The molecule has 0 rings (SSSR count). The van der Waals surface area contributed by atoms with Crippen LogP contribution in [0.2, 0.25) is 0 Å². The molecular weight excluding hydrogens is 256 g/mol. The van der Waals surface area contributed by atoms with E-state index in [-0.39, 0.29) is 0 Å². The van der Waals surface area contributed by atoms with E-state index in [2.05, 4.69) is 10.6 Å². The normalized spacial score (nSPS) is 14.9. The predicted octanol–water partition coefficient (Wildman–Crippen LogP) is -2.72. The summed E-state index contributed by atoms with van der Waals surface area (Å²) in [5.74, 6) is -3.55. The Kier molecular flexibility index (Phi) is 6.48. The first-order chi connectivity index (χ1) is 8.65. The Morgan fingerprint density at radius 1 is 1.11 bits per heavy atom. The molecular formula is C10H18N4O5. The monoisotopic (exact) mass is 274 g/mol. The molecule has 0 aliphatic heterocycles. The molecule has 0 spiro atoms. The molecule has 19 heavy (non-hydrogen) atoms. The molecule has 3 amide bonds. The van der Waals surface area contributed by atoms with Gasteiger partial charge in [0.1, 0.15) is 12.1 Å². The average molecular weight is 274 g/mol. The SMILES string of the molecule is C[C@H](N)C(=O)N[C@H](C)C(=O)N[C@@H](CC(N)=O)C(=O)O. The Morgan fingerprint density at radius 2 is 1.63 bits per heavy atom. The molecule has 0 aliphatic rings. The average Bonchev–Trinajstić information content (AvgIpc) is 2.26. The number of nitrogens with one attached hydrogen (secondary N) is 2. The largest absolute Gasteiger partial charge is 0.480 e. The molecule has 9 nitrogen and oxygen atoms in total. The topological polar surface area (TPSA) is 165 Å². The fraction of sp³-hybridized carbons (Fsp3) is 0.600. The van der Waals surface area contributed by atoms with E-state index < -0.39 is 48.2 Å². The van der Waals surface area contributed by atoms with Crippen LogP contribution < -0.4 is 22.1 Å². The number of amides is 3. The van der Waals surface area contributed by atoms with Crippen molar-refractivity contribution in [2.24, 2.45) is 11.5 Å². The molecule has 3 atom stereocenters. The van der Waals surface area contributed by atoms with Crippen molar-refractivity contribution < 1.29 is 24.3 Å². The number of carbonyl (C=O) groups excluding carboxylic acids is 3. The smallest absolute Gasteiger partial charge is 0.326 e. The van der Waals surface area contributed by atoms with E-state index in [1.807, 2.05) is 0 Å². The second kappa shape index (κ2) is 7.31. The molecule has 0 heterocycles. The molecule has 0 saturated heterocycles. The Balaban J connectivity index is 4.51. The van der Waals surface area contributed by atoms with Crippen LogP contribution in [-0.2, 0) is 19.2 Å². The molecule has 0 radical (unpaired) electrons. The van der Waals surface area contributed by atoms with Crippen LogP contribution in [0.4, 0.5) is 0 Å². The molecule has 108 valence electrons. The van der Waals surface area contributed by atoms with Gasteiger partial charge in [-0.2, -0.15) is 0 Å². The van der Waals surface area contributed by atoms with Crippen molar-refractivity contribution >= 4 is 23.7 Å². The van der Waals surface area contributed by atoms with Crippen molar-refractivity contribution in [3.05, 3.63) is 0 Å². The molecule has 0 saturated carbocycles. The first-order valence-electron chi connectivity index (χ1n) is 5.52. The summed E-state index contributed by atoms with van der Waals surface area (Å²) in [5, 5.41) is 13.2. The zero-order valence-electron chi connectivity index (χ0n) is 10.7. The molecule has 0 fully saturated rings. The van der Waals surface area contributed by atoms with Gasteiger partial charge in [-0.1, -0.05) is 0 Å². The van der Waals surface area contributed by atoms with E-state index in [9.17, 15) is 19.2 Å². The van der Waals surface area contributed by atoms with Gasteiger partial charge in [-0.15, -0.1) is 0 Å². The van der Waals surface area contributed by atoms with Gasteiger partial charge in [0, 0.05) is 0 Å². The van der Waals surface area contributed by atoms with Crippen molar-refractivity contribution in [2.75, 3.05) is 0 Å². The van der Waals surface area contributed by atoms with Crippen LogP contribution in [0.3, 0.4) is 0 Å². The fourth-order valence-electron chi connectivity index (χ4n) is 1.11. The zero-order chi connectivity index (χ0) is 15.2. The quantitative estimate of drug-likeness (QED) is 0.338. The minimum absolute atomic E-state index is 0.533. The summed E-state index contributed by atoms with van der Waals surface area (Å²) >= 11 is 0. The van der Waals surface area contributed by atoms with Crippen molar-refractivity contribution in [3.63, 3.8) is 0 Å². The fourth-order valence-corrected chi connectivity index (χ4v) is 1.11. The highest BCUT2D eigenvalue weighted by atomic mass is 16.4. The van der Waals surface area contributed by atoms with E-state index in [1.54, 1.807) is 0 Å². The molecule has 0 unspecified atom stereocenters. The second-order valence-electron chi connectivity index (χ2n) is 4.09. The van der Waals surface area contributed by atoms with E-state index >= 15 is 0 Å². The first kappa shape index (κ1) is 16.8. The lowest BCUT2D eigenvalue weighted by atomic mass is 10.2. The number of primary amides is 1. The minimum atomic E-state index is -1.43. The maximum Gasteiger partial charge on any atom is 0.326 e. The maximum atomic E-state index is 11.6. The van der Waals surface area contributed by atoms with Crippen LogP contribution in [0.15, 0.2) is 0 Å². The third-order valence-electron chi connectivity index (χ3n) is 2.19. The van der Waals surface area contributed by atoms with Crippen LogP contribution in [0.25, 0.3) is 0 Å². The Morgan fingerprint density at radius 3 is 2.00 bits per heavy atom. The lowest BCUT2D eigenvalue weighted by Crippen LogP contribution is -2.53. The number of aliphatic carboxylic acids is 1. The van der Waals surface area contributed by atoms with Crippen molar-refractivity contribution in [1.29, 1.82) is 0 Å². The van der Waals surface area contributed by atoms with Crippen molar-refractivity contribution in [3.8, 4) is 0 Å². The number of hydrogen-bond donors (Lipinski definition) is 5. The van der Waals surface area contributed by atoms with E-state index in [1.165, 1.54) is 13.8 Å². The number of rotatable bonds is 7. The highest BCUT2D eigenvalue weighted by molar-refractivity contribution is 5.92. The molecule has 7 N–H and O–H groups in total. The third-order valence-corrected chi connectivity index (χ3v) is 2.19. The molecule has 9 heteroatoms. The van der Waals surface area contributed by atoms with Crippen molar-refractivity contribution in [1.82, 2.24) is 10.6 Å². The van der Waals surface area contributed by atoms with Crippen LogP contribution >= 0.6 is 0 Å². The summed E-state index contributed by atoms with van der Waals surface area (Å²) in [6.45, 7) is 2.80. The summed E-state index contributed by atoms with van der Waals surface area (Å²) in [7, 11) is 0. The summed E-state index contributed by atoms with van der Waals surface area (Å²) in [6, 6.07) is -3.20. The Labute approximate surface area is 109 Å². The lowest BCUT2D eigenvalue weighted by molar-refractivity contribution is -0.143. The highest BCUT2D eigenvalue weighted by Crippen LogP contribution is 1.94. The molecule has 0 aromatic rings. The third kappa shape index (κ3) is 6.36. The van der Waals surface area contributed by atoms with Gasteiger partial charge < -0.3 is 27.2 Å². The minimum Gasteiger partial charge on any atom is -0.480 e. The summed E-state index contributed by atoms with van der Waals surface area (Å²) in [4.78, 5) is 44.3. The van der Waals surface area contributed by atoms with Gasteiger partial charge in [0.05, 0.1) is 12.5 Å². The Bertz CT molecular complexity index is 382. The first-order valence-corrected chi connectivity index (χ1v) is 5.52. The number of carbonyl (C=O) groups is 4. The number of carboxylic acids is 1. The van der Waals surface area contributed by atoms with Crippen LogP contribution in [0, 0.1) is 0 Å². The van der Waals surface area contributed by atoms with Gasteiger partial charge in [-0.3, -0.25) is 14.4 Å². The van der Waals surface area contributed by atoms with Crippen LogP contribution in [-0.4, -0.2) is 46.9 Å². The molecule has 0 aromatic carbocycles. The van der Waals surface area contributed by atoms with E-state index in [0.717, 1.165) is 0 Å². The van der Waals surface area contributed by atoms with Gasteiger partial charge in [0.2, 0.25) is 17.7 Å². The predicted molar refractivity (Wildman–Crippen MR) is 64.6 cm³/mol. The second-order valence-corrected chi connectivity index (χ2v) is 4.09. The Hall–Kier alpha value is -2.16. The number of carboxylic acid groups (broad SMARTS) is 1.